The Labute approximate surface area is 143 Å². The molecule has 0 aromatic heterocycles. The van der Waals surface area contributed by atoms with Gasteiger partial charge in [-0.2, -0.15) is 0 Å². The molecule has 2 aliphatic rings. The first-order valence-electron chi connectivity index (χ1n) is 8.49. The van der Waals surface area contributed by atoms with Crippen molar-refractivity contribution < 1.29 is 4.79 Å². The van der Waals surface area contributed by atoms with E-state index < -0.39 is 0 Å². The van der Waals surface area contributed by atoms with Crippen LogP contribution in [0.25, 0.3) is 0 Å². The van der Waals surface area contributed by atoms with Gasteiger partial charge < -0.3 is 10.2 Å². The summed E-state index contributed by atoms with van der Waals surface area (Å²) in [6.45, 7) is 10.6. The van der Waals surface area contributed by atoms with Crippen molar-refractivity contribution in [1.29, 1.82) is 0 Å². The lowest BCUT2D eigenvalue weighted by molar-refractivity contribution is -0.120. The lowest BCUT2D eigenvalue weighted by Gasteiger charge is -2.32. The molecule has 1 saturated heterocycles. The summed E-state index contributed by atoms with van der Waals surface area (Å²) in [4.78, 5) is 17.1. The molecule has 126 valence electrons. The fourth-order valence-electron chi connectivity index (χ4n) is 3.72. The fraction of sp³-hybridized carbons (Fsp3) is 0.611. The maximum atomic E-state index is 12.9. The molecule has 0 aliphatic carbocycles. The van der Waals surface area contributed by atoms with Crippen LogP contribution in [0.2, 0.25) is 5.02 Å². The molecule has 1 amide bonds. The zero-order valence-corrected chi connectivity index (χ0v) is 15.0. The van der Waals surface area contributed by atoms with Crippen LogP contribution in [-0.4, -0.2) is 49.6 Å². The number of carbonyl (C=O) groups is 1. The van der Waals surface area contributed by atoms with Crippen LogP contribution in [-0.2, 0) is 10.2 Å². The summed E-state index contributed by atoms with van der Waals surface area (Å²) in [5.41, 5.74) is 2.26. The van der Waals surface area contributed by atoms with Gasteiger partial charge in [-0.1, -0.05) is 31.5 Å². The maximum absolute atomic E-state index is 12.9. The predicted octanol–water partition coefficient (Wildman–Crippen LogP) is 2.65. The molecule has 23 heavy (non-hydrogen) atoms. The standard InChI is InChI=1S/C18H26ClN3O/c1-4-18(3)12-22(16-9-14(19)5-6-15(16)18)17(23)11-21-8-7-20-13(2)10-21/h5-6,9,13,20H,4,7-8,10-12H2,1-3H3. The highest BCUT2D eigenvalue weighted by atomic mass is 35.5. The summed E-state index contributed by atoms with van der Waals surface area (Å²) in [5, 5.41) is 4.11. The van der Waals surface area contributed by atoms with Crippen molar-refractivity contribution >= 4 is 23.2 Å². The average Bonchev–Trinajstić information content (AvgIpc) is 2.81. The Balaban J connectivity index is 1.80. The minimum Gasteiger partial charge on any atom is -0.312 e. The SMILES string of the molecule is CCC1(C)CN(C(=O)CN2CCNC(C)C2)c2cc(Cl)ccc21. The average molecular weight is 336 g/mol. The highest BCUT2D eigenvalue weighted by molar-refractivity contribution is 6.31. The molecule has 0 saturated carbocycles. The molecule has 1 N–H and O–H groups in total. The summed E-state index contributed by atoms with van der Waals surface area (Å²) >= 11 is 6.18. The third-order valence-corrected chi connectivity index (χ3v) is 5.54. The predicted molar refractivity (Wildman–Crippen MR) is 95.4 cm³/mol. The molecule has 3 rings (SSSR count). The van der Waals surface area contributed by atoms with Gasteiger partial charge in [0.05, 0.1) is 6.54 Å². The van der Waals surface area contributed by atoms with Crippen LogP contribution in [0.1, 0.15) is 32.8 Å². The summed E-state index contributed by atoms with van der Waals surface area (Å²) < 4.78 is 0. The molecule has 1 fully saturated rings. The largest absolute Gasteiger partial charge is 0.312 e. The van der Waals surface area contributed by atoms with Gasteiger partial charge in [-0.25, -0.2) is 0 Å². The second-order valence-electron chi connectivity index (χ2n) is 7.15. The maximum Gasteiger partial charge on any atom is 0.241 e. The lowest BCUT2D eigenvalue weighted by Crippen LogP contribution is -2.52. The van der Waals surface area contributed by atoms with Crippen LogP contribution in [0.4, 0.5) is 5.69 Å². The Morgan fingerprint density at radius 1 is 1.48 bits per heavy atom. The van der Waals surface area contributed by atoms with Gasteiger partial charge in [0.15, 0.2) is 0 Å². The summed E-state index contributed by atoms with van der Waals surface area (Å²) in [6.07, 6.45) is 1.01. The number of piperazine rings is 1. The first kappa shape index (κ1) is 16.7. The molecule has 0 bridgehead atoms. The molecule has 1 aromatic rings. The van der Waals surface area contributed by atoms with E-state index in [0.29, 0.717) is 17.6 Å². The van der Waals surface area contributed by atoms with Gasteiger partial charge in [0, 0.05) is 48.3 Å². The molecule has 0 radical (unpaired) electrons. The van der Waals surface area contributed by atoms with Crippen molar-refractivity contribution in [3.63, 3.8) is 0 Å². The number of carbonyl (C=O) groups excluding carboxylic acids is 1. The van der Waals surface area contributed by atoms with Gasteiger partial charge in [0.1, 0.15) is 0 Å². The first-order valence-corrected chi connectivity index (χ1v) is 8.87. The van der Waals surface area contributed by atoms with Crippen LogP contribution in [0.5, 0.6) is 0 Å². The number of benzene rings is 1. The molecule has 5 heteroatoms. The Bertz CT molecular complexity index is 606. The molecule has 2 unspecified atom stereocenters. The molecule has 4 nitrogen and oxygen atoms in total. The molecular weight excluding hydrogens is 310 g/mol. The van der Waals surface area contributed by atoms with Crippen molar-refractivity contribution in [3.8, 4) is 0 Å². The number of anilines is 1. The van der Waals surface area contributed by atoms with E-state index >= 15 is 0 Å². The van der Waals surface area contributed by atoms with E-state index in [2.05, 4.69) is 37.1 Å². The summed E-state index contributed by atoms with van der Waals surface area (Å²) in [7, 11) is 0. The Hall–Kier alpha value is -1.10. The zero-order valence-electron chi connectivity index (χ0n) is 14.2. The van der Waals surface area contributed by atoms with Crippen LogP contribution < -0.4 is 10.2 Å². The van der Waals surface area contributed by atoms with Crippen molar-refractivity contribution in [1.82, 2.24) is 10.2 Å². The monoisotopic (exact) mass is 335 g/mol. The highest BCUT2D eigenvalue weighted by Gasteiger charge is 2.40. The van der Waals surface area contributed by atoms with Gasteiger partial charge in [-0.3, -0.25) is 9.69 Å². The zero-order chi connectivity index (χ0) is 16.6. The fourth-order valence-corrected chi connectivity index (χ4v) is 3.88. The van der Waals surface area contributed by atoms with Crippen LogP contribution in [0.15, 0.2) is 18.2 Å². The number of hydrogen-bond acceptors (Lipinski definition) is 3. The van der Waals surface area contributed by atoms with Gasteiger partial charge in [0.2, 0.25) is 5.91 Å². The minimum absolute atomic E-state index is 0.0202. The van der Waals surface area contributed by atoms with E-state index in [1.807, 2.05) is 17.0 Å². The van der Waals surface area contributed by atoms with Crippen molar-refractivity contribution in [2.75, 3.05) is 37.6 Å². The normalized spacial score (nSPS) is 28.0. The van der Waals surface area contributed by atoms with Gasteiger partial charge in [0.25, 0.3) is 0 Å². The Kier molecular flexibility index (Phi) is 4.68. The summed E-state index contributed by atoms with van der Waals surface area (Å²) in [6, 6.07) is 6.40. The smallest absolute Gasteiger partial charge is 0.241 e. The number of hydrogen-bond donors (Lipinski definition) is 1. The molecule has 1 aromatic carbocycles. The first-order chi connectivity index (χ1) is 10.9. The number of rotatable bonds is 3. The topological polar surface area (TPSA) is 35.6 Å². The highest BCUT2D eigenvalue weighted by Crippen LogP contribution is 2.43. The van der Waals surface area contributed by atoms with E-state index in [1.54, 1.807) is 0 Å². The molecule has 2 heterocycles. The third kappa shape index (κ3) is 3.25. The third-order valence-electron chi connectivity index (χ3n) is 5.30. The molecular formula is C18H26ClN3O. The van der Waals surface area contributed by atoms with E-state index in [9.17, 15) is 4.79 Å². The number of fused-ring (bicyclic) bond motifs is 1. The quantitative estimate of drug-likeness (QED) is 0.922. The van der Waals surface area contributed by atoms with E-state index in [-0.39, 0.29) is 11.3 Å². The molecule has 0 spiro atoms. The number of halogens is 1. The van der Waals surface area contributed by atoms with Gasteiger partial charge >= 0.3 is 0 Å². The summed E-state index contributed by atoms with van der Waals surface area (Å²) in [5.74, 6) is 0.180. The Morgan fingerprint density at radius 2 is 2.26 bits per heavy atom. The van der Waals surface area contributed by atoms with Crippen molar-refractivity contribution in [2.24, 2.45) is 0 Å². The van der Waals surface area contributed by atoms with E-state index in [0.717, 1.165) is 38.3 Å². The second kappa shape index (κ2) is 6.42. The van der Waals surface area contributed by atoms with Crippen LogP contribution in [0, 0.1) is 0 Å². The number of nitrogens with zero attached hydrogens (tertiary/aromatic N) is 2. The van der Waals surface area contributed by atoms with Crippen molar-refractivity contribution in [3.05, 3.63) is 28.8 Å². The van der Waals surface area contributed by atoms with E-state index in [4.69, 9.17) is 11.6 Å². The number of nitrogens with one attached hydrogen (secondary N) is 1. The van der Waals surface area contributed by atoms with Crippen LogP contribution >= 0.6 is 11.6 Å². The van der Waals surface area contributed by atoms with Crippen molar-refractivity contribution in [2.45, 2.75) is 38.6 Å². The van der Waals surface area contributed by atoms with Gasteiger partial charge in [-0.05, 0) is 31.0 Å². The van der Waals surface area contributed by atoms with Gasteiger partial charge in [-0.15, -0.1) is 0 Å². The van der Waals surface area contributed by atoms with Crippen LogP contribution in [0.3, 0.4) is 0 Å². The second-order valence-corrected chi connectivity index (χ2v) is 7.58. The molecule has 2 atom stereocenters. The number of amides is 1. The minimum atomic E-state index is 0.0202. The molecule has 2 aliphatic heterocycles. The lowest BCUT2D eigenvalue weighted by atomic mass is 9.82. The Morgan fingerprint density at radius 3 is 2.96 bits per heavy atom. The van der Waals surface area contributed by atoms with E-state index in [1.165, 1.54) is 5.56 Å².